The second kappa shape index (κ2) is 6.29. The summed E-state index contributed by atoms with van der Waals surface area (Å²) in [5, 5.41) is 12.6. The van der Waals surface area contributed by atoms with Gasteiger partial charge in [0.05, 0.1) is 5.69 Å². The predicted molar refractivity (Wildman–Crippen MR) is 84.2 cm³/mol. The lowest BCUT2D eigenvalue weighted by Crippen LogP contribution is -2.44. The fourth-order valence-electron chi connectivity index (χ4n) is 2.64. The molecule has 0 aliphatic carbocycles. The van der Waals surface area contributed by atoms with Gasteiger partial charge in [-0.1, -0.05) is 0 Å². The van der Waals surface area contributed by atoms with Crippen molar-refractivity contribution in [2.75, 3.05) is 31.1 Å². The highest BCUT2D eigenvalue weighted by atomic mass is 19.1. The van der Waals surface area contributed by atoms with Gasteiger partial charge in [0.2, 0.25) is 5.95 Å². The van der Waals surface area contributed by atoms with Crippen molar-refractivity contribution in [2.24, 2.45) is 0 Å². The summed E-state index contributed by atoms with van der Waals surface area (Å²) in [6, 6.07) is 4.23. The normalized spacial score (nSPS) is 14.8. The van der Waals surface area contributed by atoms with E-state index in [2.05, 4.69) is 15.3 Å². The Morgan fingerprint density at radius 2 is 2.09 bits per heavy atom. The number of benzene rings is 1. The molecule has 1 aliphatic rings. The van der Waals surface area contributed by atoms with E-state index < -0.39 is 5.97 Å². The number of hydrogen-bond donors (Lipinski definition) is 2. The van der Waals surface area contributed by atoms with Crippen molar-refractivity contribution in [3.8, 4) is 11.3 Å². The minimum Gasteiger partial charge on any atom is -0.478 e. The average Bonchev–Trinajstić information content (AvgIpc) is 2.55. The average molecular weight is 316 g/mol. The lowest BCUT2D eigenvalue weighted by molar-refractivity contribution is 0.0697. The van der Waals surface area contributed by atoms with Crippen LogP contribution in [0.1, 0.15) is 15.9 Å². The zero-order valence-corrected chi connectivity index (χ0v) is 12.7. The Bertz CT molecular complexity index is 745. The number of aryl methyl sites for hydroxylation is 1. The van der Waals surface area contributed by atoms with Crippen molar-refractivity contribution in [3.63, 3.8) is 0 Å². The van der Waals surface area contributed by atoms with Gasteiger partial charge in [-0.2, -0.15) is 0 Å². The molecule has 23 heavy (non-hydrogen) atoms. The third kappa shape index (κ3) is 3.14. The maximum absolute atomic E-state index is 13.3. The lowest BCUT2D eigenvalue weighted by Gasteiger charge is -2.27. The van der Waals surface area contributed by atoms with Gasteiger partial charge in [0.15, 0.2) is 0 Å². The monoisotopic (exact) mass is 316 g/mol. The van der Waals surface area contributed by atoms with E-state index in [9.17, 15) is 14.3 Å². The van der Waals surface area contributed by atoms with Crippen molar-refractivity contribution in [3.05, 3.63) is 41.3 Å². The van der Waals surface area contributed by atoms with Gasteiger partial charge >= 0.3 is 5.97 Å². The van der Waals surface area contributed by atoms with Crippen LogP contribution in [0.5, 0.6) is 0 Å². The zero-order chi connectivity index (χ0) is 16.4. The zero-order valence-electron chi connectivity index (χ0n) is 12.7. The van der Waals surface area contributed by atoms with E-state index in [-0.39, 0.29) is 11.4 Å². The number of carboxylic acid groups (broad SMARTS) is 1. The number of nitrogens with zero attached hydrogens (tertiary/aromatic N) is 3. The van der Waals surface area contributed by atoms with Crippen LogP contribution in [0.4, 0.5) is 10.3 Å². The number of hydrogen-bond acceptors (Lipinski definition) is 5. The highest BCUT2D eigenvalue weighted by Gasteiger charge is 2.20. The first kappa shape index (κ1) is 15.4. The Balaban J connectivity index is 2.09. The van der Waals surface area contributed by atoms with Crippen LogP contribution < -0.4 is 10.2 Å². The van der Waals surface area contributed by atoms with Gasteiger partial charge in [-0.25, -0.2) is 19.2 Å². The second-order valence-electron chi connectivity index (χ2n) is 5.43. The van der Waals surface area contributed by atoms with E-state index >= 15 is 0 Å². The van der Waals surface area contributed by atoms with Crippen LogP contribution in [0.3, 0.4) is 0 Å². The standard InChI is InChI=1S/C16H17FN4O2/c1-10-8-11(17)2-3-12(10)14-13(15(22)23)9-19-16(20-14)21-6-4-18-5-7-21/h2-3,8-9,18H,4-7H2,1H3,(H,22,23). The third-order valence-electron chi connectivity index (χ3n) is 3.85. The van der Waals surface area contributed by atoms with Crippen LogP contribution in [0, 0.1) is 12.7 Å². The molecule has 0 bridgehead atoms. The van der Waals surface area contributed by atoms with Crippen LogP contribution >= 0.6 is 0 Å². The van der Waals surface area contributed by atoms with E-state index in [1.807, 2.05) is 4.90 Å². The summed E-state index contributed by atoms with van der Waals surface area (Å²) in [5.41, 5.74) is 1.57. The number of nitrogens with one attached hydrogen (secondary N) is 1. The number of anilines is 1. The molecule has 2 N–H and O–H groups in total. The number of piperazine rings is 1. The third-order valence-corrected chi connectivity index (χ3v) is 3.85. The van der Waals surface area contributed by atoms with E-state index in [0.717, 1.165) is 26.2 Å². The SMILES string of the molecule is Cc1cc(F)ccc1-c1nc(N2CCNCC2)ncc1C(=O)O. The number of rotatable bonds is 3. The van der Waals surface area contributed by atoms with Gasteiger partial charge in [0.25, 0.3) is 0 Å². The summed E-state index contributed by atoms with van der Waals surface area (Å²) >= 11 is 0. The number of aromatic carboxylic acids is 1. The van der Waals surface area contributed by atoms with Crippen LogP contribution in [-0.2, 0) is 0 Å². The number of carbonyl (C=O) groups is 1. The molecule has 0 atom stereocenters. The maximum Gasteiger partial charge on any atom is 0.339 e. The summed E-state index contributed by atoms with van der Waals surface area (Å²) in [6.07, 6.45) is 1.32. The van der Waals surface area contributed by atoms with Gasteiger partial charge in [-0.05, 0) is 30.7 Å². The second-order valence-corrected chi connectivity index (χ2v) is 5.43. The summed E-state index contributed by atoms with van der Waals surface area (Å²) in [7, 11) is 0. The van der Waals surface area contributed by atoms with Crippen LogP contribution in [0.15, 0.2) is 24.4 Å². The fraction of sp³-hybridized carbons (Fsp3) is 0.312. The predicted octanol–water partition coefficient (Wildman–Crippen LogP) is 1.70. The first-order valence-electron chi connectivity index (χ1n) is 7.39. The molecule has 120 valence electrons. The molecule has 0 amide bonds. The molecular weight excluding hydrogens is 299 g/mol. The molecule has 3 rings (SSSR count). The summed E-state index contributed by atoms with van der Waals surface area (Å²) in [5.74, 6) is -0.967. The first-order valence-corrected chi connectivity index (χ1v) is 7.39. The molecule has 1 saturated heterocycles. The van der Waals surface area contributed by atoms with Crippen molar-refractivity contribution in [1.29, 1.82) is 0 Å². The highest BCUT2D eigenvalue weighted by Crippen LogP contribution is 2.27. The van der Waals surface area contributed by atoms with Crippen molar-refractivity contribution in [2.45, 2.75) is 6.92 Å². The Morgan fingerprint density at radius 1 is 1.35 bits per heavy atom. The molecule has 0 unspecified atom stereocenters. The van der Waals surface area contributed by atoms with Gasteiger partial charge in [0, 0.05) is 37.9 Å². The maximum atomic E-state index is 13.3. The van der Waals surface area contributed by atoms with Crippen LogP contribution in [0.25, 0.3) is 11.3 Å². The van der Waals surface area contributed by atoms with E-state index in [1.54, 1.807) is 13.0 Å². The molecule has 1 aromatic heterocycles. The van der Waals surface area contributed by atoms with Gasteiger partial charge in [-0.15, -0.1) is 0 Å². The quantitative estimate of drug-likeness (QED) is 0.897. The summed E-state index contributed by atoms with van der Waals surface area (Å²) in [6.45, 7) is 4.91. The molecule has 0 radical (unpaired) electrons. The summed E-state index contributed by atoms with van der Waals surface area (Å²) < 4.78 is 13.3. The van der Waals surface area contributed by atoms with Crippen molar-refractivity contribution in [1.82, 2.24) is 15.3 Å². The molecule has 7 heteroatoms. The van der Waals surface area contributed by atoms with Crippen molar-refractivity contribution >= 4 is 11.9 Å². The number of aromatic nitrogens is 2. The fourth-order valence-corrected chi connectivity index (χ4v) is 2.64. The largest absolute Gasteiger partial charge is 0.478 e. The van der Waals surface area contributed by atoms with Crippen LogP contribution in [-0.4, -0.2) is 47.2 Å². The van der Waals surface area contributed by atoms with Gasteiger partial charge in [-0.3, -0.25) is 0 Å². The smallest absolute Gasteiger partial charge is 0.339 e. The molecule has 0 saturated carbocycles. The first-order chi connectivity index (χ1) is 11.1. The summed E-state index contributed by atoms with van der Waals surface area (Å²) in [4.78, 5) is 22.1. The van der Waals surface area contributed by atoms with Crippen LogP contribution in [0.2, 0.25) is 0 Å². The number of halogens is 1. The van der Waals surface area contributed by atoms with Gasteiger partial charge < -0.3 is 15.3 Å². The molecule has 1 aromatic carbocycles. The Hall–Kier alpha value is -2.54. The lowest BCUT2D eigenvalue weighted by atomic mass is 10.0. The topological polar surface area (TPSA) is 78.4 Å². The molecule has 6 nitrogen and oxygen atoms in total. The van der Waals surface area contributed by atoms with E-state index in [0.29, 0.717) is 22.8 Å². The number of carboxylic acids is 1. The highest BCUT2D eigenvalue weighted by molar-refractivity contribution is 5.95. The van der Waals surface area contributed by atoms with Crippen molar-refractivity contribution < 1.29 is 14.3 Å². The van der Waals surface area contributed by atoms with E-state index in [1.165, 1.54) is 18.3 Å². The Kier molecular flexibility index (Phi) is 4.20. The molecule has 1 aliphatic heterocycles. The minimum atomic E-state index is -1.10. The Morgan fingerprint density at radius 3 is 2.74 bits per heavy atom. The van der Waals surface area contributed by atoms with E-state index in [4.69, 9.17) is 0 Å². The molecule has 0 spiro atoms. The Labute approximate surface area is 133 Å². The molecule has 2 aromatic rings. The minimum absolute atomic E-state index is 0.0126. The molecule has 2 heterocycles. The molecule has 1 fully saturated rings. The molecular formula is C16H17FN4O2. The van der Waals surface area contributed by atoms with Gasteiger partial charge in [0.1, 0.15) is 11.4 Å².